The van der Waals surface area contributed by atoms with Crippen LogP contribution in [0.25, 0.3) is 0 Å². The van der Waals surface area contributed by atoms with E-state index in [1.165, 1.54) is 5.56 Å². The molecule has 0 atom stereocenters. The molecule has 0 amide bonds. The first kappa shape index (κ1) is 13.1. The highest BCUT2D eigenvalue weighted by atomic mass is 16.5. The standard InChI is InChI=1S/C15H21NO2/c1-3-18-14(17)15(7-9-16-10-8-15)13-6-4-5-12(2)11-13/h4-6,11,16H,3,7-10H2,1-2H3. The van der Waals surface area contributed by atoms with E-state index in [0.717, 1.165) is 31.5 Å². The molecule has 0 aliphatic carbocycles. The number of piperidine rings is 1. The van der Waals surface area contributed by atoms with Gasteiger partial charge in [0.1, 0.15) is 0 Å². The Kier molecular flexibility index (Phi) is 4.02. The maximum Gasteiger partial charge on any atom is 0.316 e. The predicted octanol–water partition coefficient (Wildman–Crippen LogP) is 2.18. The van der Waals surface area contributed by atoms with Gasteiger partial charge in [-0.2, -0.15) is 0 Å². The van der Waals surface area contributed by atoms with Crippen molar-refractivity contribution < 1.29 is 9.53 Å². The number of ether oxygens (including phenoxy) is 1. The molecule has 0 bridgehead atoms. The molecule has 18 heavy (non-hydrogen) atoms. The van der Waals surface area contributed by atoms with E-state index in [1.807, 2.05) is 13.0 Å². The Balaban J connectivity index is 2.38. The van der Waals surface area contributed by atoms with E-state index in [-0.39, 0.29) is 5.97 Å². The Hall–Kier alpha value is -1.35. The minimum atomic E-state index is -0.451. The molecular weight excluding hydrogens is 226 g/mol. The number of esters is 1. The van der Waals surface area contributed by atoms with E-state index in [9.17, 15) is 4.79 Å². The third-order valence-electron chi connectivity index (χ3n) is 3.69. The van der Waals surface area contributed by atoms with Crippen LogP contribution in [0.4, 0.5) is 0 Å². The Bertz CT molecular complexity index is 422. The summed E-state index contributed by atoms with van der Waals surface area (Å²) in [6, 6.07) is 8.24. The van der Waals surface area contributed by atoms with Crippen molar-refractivity contribution in [3.05, 3.63) is 35.4 Å². The highest BCUT2D eigenvalue weighted by molar-refractivity contribution is 5.83. The Labute approximate surface area is 109 Å². The van der Waals surface area contributed by atoms with Crippen molar-refractivity contribution >= 4 is 5.97 Å². The van der Waals surface area contributed by atoms with E-state index in [1.54, 1.807) is 0 Å². The Morgan fingerprint density at radius 3 is 2.72 bits per heavy atom. The molecule has 1 N–H and O–H groups in total. The normalized spacial score (nSPS) is 18.3. The highest BCUT2D eigenvalue weighted by Crippen LogP contribution is 2.35. The minimum absolute atomic E-state index is 0.0721. The maximum atomic E-state index is 12.4. The second-order valence-electron chi connectivity index (χ2n) is 4.92. The number of rotatable bonds is 3. The number of carbonyl (C=O) groups excluding carboxylic acids is 1. The van der Waals surface area contributed by atoms with Crippen LogP contribution in [0.2, 0.25) is 0 Å². The highest BCUT2D eigenvalue weighted by Gasteiger charge is 2.42. The van der Waals surface area contributed by atoms with Gasteiger partial charge in [-0.3, -0.25) is 4.79 Å². The molecule has 1 aromatic carbocycles. The van der Waals surface area contributed by atoms with E-state index in [0.29, 0.717) is 6.61 Å². The SMILES string of the molecule is CCOC(=O)C1(c2cccc(C)c2)CCNCC1. The van der Waals surface area contributed by atoms with Crippen LogP contribution in [0.15, 0.2) is 24.3 Å². The Morgan fingerprint density at radius 1 is 1.39 bits per heavy atom. The summed E-state index contributed by atoms with van der Waals surface area (Å²) in [7, 11) is 0. The van der Waals surface area contributed by atoms with Gasteiger partial charge in [-0.25, -0.2) is 0 Å². The van der Waals surface area contributed by atoms with Gasteiger partial charge in [0.05, 0.1) is 12.0 Å². The van der Waals surface area contributed by atoms with Gasteiger partial charge in [0.2, 0.25) is 0 Å². The van der Waals surface area contributed by atoms with Crippen molar-refractivity contribution in [1.82, 2.24) is 5.32 Å². The molecule has 1 heterocycles. The molecule has 1 saturated heterocycles. The molecule has 0 radical (unpaired) electrons. The summed E-state index contributed by atoms with van der Waals surface area (Å²) < 4.78 is 5.31. The van der Waals surface area contributed by atoms with E-state index >= 15 is 0 Å². The van der Waals surface area contributed by atoms with Crippen LogP contribution in [-0.2, 0) is 14.9 Å². The topological polar surface area (TPSA) is 38.3 Å². The smallest absolute Gasteiger partial charge is 0.316 e. The Morgan fingerprint density at radius 2 is 2.11 bits per heavy atom. The fraction of sp³-hybridized carbons (Fsp3) is 0.533. The average Bonchev–Trinajstić information content (AvgIpc) is 2.40. The van der Waals surface area contributed by atoms with Gasteiger partial charge < -0.3 is 10.1 Å². The van der Waals surface area contributed by atoms with Gasteiger partial charge in [-0.05, 0) is 45.3 Å². The van der Waals surface area contributed by atoms with Crippen molar-refractivity contribution in [2.24, 2.45) is 0 Å². The summed E-state index contributed by atoms with van der Waals surface area (Å²) >= 11 is 0. The number of hydrogen-bond donors (Lipinski definition) is 1. The lowest BCUT2D eigenvalue weighted by Gasteiger charge is -2.35. The molecule has 0 unspecified atom stereocenters. The van der Waals surface area contributed by atoms with Gasteiger partial charge in [0.25, 0.3) is 0 Å². The number of aryl methyl sites for hydroxylation is 1. The summed E-state index contributed by atoms with van der Waals surface area (Å²) in [4.78, 5) is 12.4. The van der Waals surface area contributed by atoms with Crippen LogP contribution in [0.1, 0.15) is 30.9 Å². The van der Waals surface area contributed by atoms with Crippen LogP contribution in [0, 0.1) is 6.92 Å². The van der Waals surface area contributed by atoms with Crippen LogP contribution in [-0.4, -0.2) is 25.7 Å². The molecule has 2 rings (SSSR count). The van der Waals surface area contributed by atoms with Crippen LogP contribution in [0.5, 0.6) is 0 Å². The molecule has 1 aromatic rings. The quantitative estimate of drug-likeness (QED) is 0.832. The average molecular weight is 247 g/mol. The minimum Gasteiger partial charge on any atom is -0.465 e. The summed E-state index contributed by atoms with van der Waals surface area (Å²) in [5.74, 6) is -0.0721. The van der Waals surface area contributed by atoms with Gasteiger partial charge in [0, 0.05) is 0 Å². The van der Waals surface area contributed by atoms with Crippen molar-refractivity contribution in [1.29, 1.82) is 0 Å². The summed E-state index contributed by atoms with van der Waals surface area (Å²) in [5, 5.41) is 3.31. The lowest BCUT2D eigenvalue weighted by molar-refractivity contribution is -0.151. The maximum absolute atomic E-state index is 12.4. The lowest BCUT2D eigenvalue weighted by atomic mass is 9.73. The zero-order valence-corrected chi connectivity index (χ0v) is 11.2. The summed E-state index contributed by atoms with van der Waals surface area (Å²) in [6.45, 7) is 6.10. The number of benzene rings is 1. The van der Waals surface area contributed by atoms with Crippen LogP contribution in [0.3, 0.4) is 0 Å². The first-order chi connectivity index (χ1) is 8.69. The van der Waals surface area contributed by atoms with E-state index in [4.69, 9.17) is 4.74 Å². The molecule has 98 valence electrons. The molecule has 3 nitrogen and oxygen atoms in total. The van der Waals surface area contributed by atoms with E-state index in [2.05, 4.69) is 30.4 Å². The summed E-state index contributed by atoms with van der Waals surface area (Å²) in [5.41, 5.74) is 1.84. The largest absolute Gasteiger partial charge is 0.465 e. The zero-order chi connectivity index (χ0) is 13.0. The van der Waals surface area contributed by atoms with Gasteiger partial charge in [-0.1, -0.05) is 29.8 Å². The van der Waals surface area contributed by atoms with Crippen LogP contribution >= 0.6 is 0 Å². The molecule has 1 fully saturated rings. The fourth-order valence-electron chi connectivity index (χ4n) is 2.68. The molecular formula is C15H21NO2. The second-order valence-corrected chi connectivity index (χ2v) is 4.92. The third kappa shape index (κ3) is 2.41. The van der Waals surface area contributed by atoms with Crippen molar-refractivity contribution in [2.45, 2.75) is 32.1 Å². The van der Waals surface area contributed by atoms with Gasteiger partial charge in [0.15, 0.2) is 0 Å². The van der Waals surface area contributed by atoms with E-state index < -0.39 is 5.41 Å². The lowest BCUT2D eigenvalue weighted by Crippen LogP contribution is -2.46. The number of nitrogens with one attached hydrogen (secondary N) is 1. The summed E-state index contributed by atoms with van der Waals surface area (Å²) in [6.07, 6.45) is 1.63. The molecule has 0 spiro atoms. The van der Waals surface area contributed by atoms with Crippen molar-refractivity contribution in [2.75, 3.05) is 19.7 Å². The first-order valence-electron chi connectivity index (χ1n) is 6.64. The second kappa shape index (κ2) is 5.53. The fourth-order valence-corrected chi connectivity index (χ4v) is 2.68. The monoisotopic (exact) mass is 247 g/mol. The third-order valence-corrected chi connectivity index (χ3v) is 3.69. The molecule has 1 aliphatic heterocycles. The number of carbonyl (C=O) groups is 1. The zero-order valence-electron chi connectivity index (χ0n) is 11.2. The molecule has 3 heteroatoms. The number of hydrogen-bond acceptors (Lipinski definition) is 3. The first-order valence-corrected chi connectivity index (χ1v) is 6.64. The van der Waals surface area contributed by atoms with Crippen LogP contribution < -0.4 is 5.32 Å². The van der Waals surface area contributed by atoms with Gasteiger partial charge in [-0.15, -0.1) is 0 Å². The predicted molar refractivity (Wildman–Crippen MR) is 71.6 cm³/mol. The molecule has 0 saturated carbocycles. The van der Waals surface area contributed by atoms with Gasteiger partial charge >= 0.3 is 5.97 Å². The van der Waals surface area contributed by atoms with Crippen molar-refractivity contribution in [3.8, 4) is 0 Å². The molecule has 0 aromatic heterocycles. The van der Waals surface area contributed by atoms with Crippen molar-refractivity contribution in [3.63, 3.8) is 0 Å². The molecule has 1 aliphatic rings.